The van der Waals surface area contributed by atoms with Crippen molar-refractivity contribution in [2.24, 2.45) is 0 Å². The van der Waals surface area contributed by atoms with Crippen LogP contribution in [0.2, 0.25) is 0 Å². The molecule has 0 unspecified atom stereocenters. The first kappa shape index (κ1) is 18.5. The smallest absolute Gasteiger partial charge is 0.301 e. The molecule has 134 valence electrons. The third kappa shape index (κ3) is 3.87. The minimum Gasteiger partial charge on any atom is -0.425 e. The predicted molar refractivity (Wildman–Crippen MR) is 111 cm³/mol. The topological polar surface area (TPSA) is 74.5 Å². The zero-order chi connectivity index (χ0) is 19.3. The van der Waals surface area contributed by atoms with Crippen LogP contribution in [-0.2, 0) is 9.15 Å². The van der Waals surface area contributed by atoms with Gasteiger partial charge in [0.05, 0.1) is 24.1 Å². The number of nitro benzene ring substituents is 1. The molecule has 0 aliphatic carbocycles. The summed E-state index contributed by atoms with van der Waals surface area (Å²) in [4.78, 5) is 15.4. The number of pyridine rings is 1. The van der Waals surface area contributed by atoms with Gasteiger partial charge < -0.3 is 4.58 Å². The maximum absolute atomic E-state index is 11.1. The Morgan fingerprint density at radius 2 is 1.61 bits per heavy atom. The summed E-state index contributed by atoms with van der Waals surface area (Å²) in [6, 6.07) is 22.6. The number of benzene rings is 3. The molecule has 2 heterocycles. The lowest BCUT2D eigenvalue weighted by atomic mass is 9.96. The minimum atomic E-state index is -0.372. The Morgan fingerprint density at radius 1 is 0.857 bits per heavy atom. The van der Waals surface area contributed by atoms with Crippen molar-refractivity contribution in [3.05, 3.63) is 82.9 Å². The first-order valence-electron chi connectivity index (χ1n) is 8.34. The first-order valence-corrected chi connectivity index (χ1v) is 13.2. The summed E-state index contributed by atoms with van der Waals surface area (Å²) in [5.74, 6) is 0. The summed E-state index contributed by atoms with van der Waals surface area (Å²) in [7, 11) is 2.17. The fourth-order valence-electron chi connectivity index (χ4n) is 3.01. The second-order valence-corrected chi connectivity index (χ2v) is 11.0. The molecule has 4 aromatic rings. The molecule has 0 bridgehead atoms. The first-order chi connectivity index (χ1) is 13.7. The number of rotatable bonds is 2. The molecule has 6 nitrogen and oxygen atoms in total. The van der Waals surface area contributed by atoms with Gasteiger partial charge in [0.15, 0.2) is 0 Å². The molecule has 1 aromatic heterocycles. The summed E-state index contributed by atoms with van der Waals surface area (Å²) in [6.07, 6.45) is 0. The van der Waals surface area contributed by atoms with E-state index < -0.39 is 0 Å². The van der Waals surface area contributed by atoms with E-state index in [1.54, 1.807) is 12.1 Å². The van der Waals surface area contributed by atoms with E-state index in [2.05, 4.69) is 14.1 Å². The Bertz CT molecular complexity index is 1180. The lowest BCUT2D eigenvalue weighted by Crippen LogP contribution is -1.92. The summed E-state index contributed by atoms with van der Waals surface area (Å²) in [5, 5.41) is 12.9. The standard InChI is InChI=1S/C19H12N2O2.O2Si3/c22-21(23)14-10-11-18-16(12-14)19(13-6-2-1-3-7-13)15-8-4-5-9-17(15)20-18;1-2-4-5-3-1/h1-12H;. The average Bonchev–Trinajstić information content (AvgIpc) is 3.32. The van der Waals surface area contributed by atoms with Crippen LogP contribution < -0.4 is 0 Å². The van der Waals surface area contributed by atoms with Crippen molar-refractivity contribution in [1.82, 2.24) is 4.98 Å². The van der Waals surface area contributed by atoms with E-state index >= 15 is 0 Å². The molecule has 1 aliphatic heterocycles. The highest BCUT2D eigenvalue weighted by Crippen LogP contribution is 2.36. The second kappa shape index (κ2) is 8.44. The Balaban J connectivity index is 0.000000336. The number of hydrogen-bond donors (Lipinski definition) is 0. The molecule has 3 aromatic carbocycles. The van der Waals surface area contributed by atoms with Crippen LogP contribution in [0.3, 0.4) is 0 Å². The van der Waals surface area contributed by atoms with Crippen molar-refractivity contribution in [2.75, 3.05) is 0 Å². The van der Waals surface area contributed by atoms with E-state index in [0.717, 1.165) is 41.1 Å². The second-order valence-electron chi connectivity index (χ2n) is 5.82. The number of nitrogens with zero attached hydrogens (tertiary/aromatic N) is 2. The van der Waals surface area contributed by atoms with Gasteiger partial charge in [0, 0.05) is 28.5 Å². The van der Waals surface area contributed by atoms with E-state index in [9.17, 15) is 10.1 Å². The van der Waals surface area contributed by atoms with Crippen LogP contribution in [0.1, 0.15) is 0 Å². The van der Waals surface area contributed by atoms with Crippen LogP contribution in [0.15, 0.2) is 72.8 Å². The van der Waals surface area contributed by atoms with Crippen molar-refractivity contribution >= 4 is 53.8 Å². The molecular weight excluding hydrogens is 404 g/mol. The zero-order valence-corrected chi connectivity index (χ0v) is 17.5. The number of para-hydroxylation sites is 1. The van der Waals surface area contributed by atoms with Crippen molar-refractivity contribution in [1.29, 1.82) is 0 Å². The Labute approximate surface area is 167 Å². The molecule has 0 fully saturated rings. The monoisotopic (exact) mass is 416 g/mol. The third-order valence-electron chi connectivity index (χ3n) is 4.16. The molecule has 0 amide bonds. The van der Waals surface area contributed by atoms with Gasteiger partial charge in [0.25, 0.3) is 5.69 Å². The lowest BCUT2D eigenvalue weighted by Gasteiger charge is -2.11. The molecule has 9 heteroatoms. The molecule has 0 atom stereocenters. The zero-order valence-electron chi connectivity index (χ0n) is 14.5. The molecule has 4 radical (unpaired) electrons. The maximum Gasteiger partial charge on any atom is 0.301 e. The van der Waals surface area contributed by atoms with E-state index in [4.69, 9.17) is 0 Å². The van der Waals surface area contributed by atoms with Gasteiger partial charge in [-0.15, -0.1) is 0 Å². The number of nitro groups is 1. The van der Waals surface area contributed by atoms with E-state index in [1.807, 2.05) is 54.6 Å². The molecule has 1 aliphatic rings. The van der Waals surface area contributed by atoms with E-state index in [-0.39, 0.29) is 10.6 Å². The minimum absolute atomic E-state index is 0.0757. The highest BCUT2D eigenvalue weighted by Gasteiger charge is 2.14. The van der Waals surface area contributed by atoms with Gasteiger partial charge in [-0.2, -0.15) is 0 Å². The summed E-state index contributed by atoms with van der Waals surface area (Å²) < 4.78 is 8.99. The maximum atomic E-state index is 11.1. The highest BCUT2D eigenvalue weighted by molar-refractivity contribution is 7.08. The predicted octanol–water partition coefficient (Wildman–Crippen LogP) is 3.68. The van der Waals surface area contributed by atoms with Gasteiger partial charge in [-0.1, -0.05) is 48.5 Å². The summed E-state index contributed by atoms with van der Waals surface area (Å²) in [6.45, 7) is 0. The summed E-state index contributed by atoms with van der Waals surface area (Å²) in [5.41, 5.74) is 3.72. The van der Waals surface area contributed by atoms with Crippen LogP contribution >= 0.6 is 0 Å². The van der Waals surface area contributed by atoms with Crippen molar-refractivity contribution in [3.8, 4) is 11.1 Å². The van der Waals surface area contributed by atoms with Gasteiger partial charge >= 0.3 is 18.1 Å². The number of hydrogen-bond acceptors (Lipinski definition) is 5. The third-order valence-corrected chi connectivity index (χ3v) is 7.82. The fraction of sp³-hybridized carbons (Fsp3) is 0. The number of aromatic nitrogens is 1. The van der Waals surface area contributed by atoms with Gasteiger partial charge in [-0.05, 0) is 17.7 Å². The molecule has 0 saturated heterocycles. The molecule has 0 N–H and O–H groups in total. The normalized spacial score (nSPS) is 12.4. The number of non-ortho nitro benzene ring substituents is 1. The molecule has 0 spiro atoms. The van der Waals surface area contributed by atoms with Crippen LogP contribution in [0.5, 0.6) is 0 Å². The van der Waals surface area contributed by atoms with E-state index in [1.165, 1.54) is 6.07 Å². The van der Waals surface area contributed by atoms with Crippen LogP contribution in [0.4, 0.5) is 5.69 Å². The quantitative estimate of drug-likeness (QED) is 0.164. The fourth-order valence-corrected chi connectivity index (χ4v) is 5.72. The van der Waals surface area contributed by atoms with Crippen LogP contribution in [0.25, 0.3) is 32.9 Å². The Morgan fingerprint density at radius 3 is 2.29 bits per heavy atom. The van der Waals surface area contributed by atoms with Gasteiger partial charge in [0.1, 0.15) is 0 Å². The van der Waals surface area contributed by atoms with Crippen LogP contribution in [-0.4, -0.2) is 36.2 Å². The Kier molecular flexibility index (Phi) is 5.58. The van der Waals surface area contributed by atoms with Crippen LogP contribution in [0, 0.1) is 10.1 Å². The molecule has 0 saturated carbocycles. The summed E-state index contributed by atoms with van der Waals surface area (Å²) >= 11 is 0. The average molecular weight is 417 g/mol. The molecular formula is C19H12N2O4Si3. The van der Waals surface area contributed by atoms with Gasteiger partial charge in [-0.3, -0.25) is 14.7 Å². The largest absolute Gasteiger partial charge is 0.425 e. The van der Waals surface area contributed by atoms with Gasteiger partial charge in [0.2, 0.25) is 0 Å². The number of fused-ring (bicyclic) bond motifs is 2. The van der Waals surface area contributed by atoms with Gasteiger partial charge in [-0.25, -0.2) is 4.98 Å². The lowest BCUT2D eigenvalue weighted by molar-refractivity contribution is -0.384. The van der Waals surface area contributed by atoms with Crippen molar-refractivity contribution in [3.63, 3.8) is 0 Å². The van der Waals surface area contributed by atoms with Crippen molar-refractivity contribution in [2.45, 2.75) is 0 Å². The molecule has 5 rings (SSSR count). The van der Waals surface area contributed by atoms with E-state index in [0.29, 0.717) is 18.1 Å². The Hall–Kier alpha value is -2.86. The van der Waals surface area contributed by atoms with Crippen molar-refractivity contribution < 1.29 is 14.1 Å². The highest BCUT2D eigenvalue weighted by atomic mass is 29.4. The molecule has 28 heavy (non-hydrogen) atoms. The SMILES string of the molecule is O1O[Si]=[Si][Si]1.O=[N+]([O-])c1ccc2nc3ccccc3c(-c3ccccc3)c2c1.